The molecule has 1 aromatic carbocycles. The highest BCUT2D eigenvalue weighted by Crippen LogP contribution is 2.23. The first kappa shape index (κ1) is 12.9. The Kier molecular flexibility index (Phi) is 3.87. The van der Waals surface area contributed by atoms with Gasteiger partial charge in [-0.2, -0.15) is 0 Å². The Labute approximate surface area is 109 Å². The van der Waals surface area contributed by atoms with E-state index in [-0.39, 0.29) is 0 Å². The van der Waals surface area contributed by atoms with Gasteiger partial charge in [0, 0.05) is 17.1 Å². The molecule has 0 bridgehead atoms. The number of fused-ring (bicyclic) bond motifs is 1. The van der Waals surface area contributed by atoms with Gasteiger partial charge in [-0.1, -0.05) is 11.6 Å². The van der Waals surface area contributed by atoms with Crippen molar-refractivity contribution < 1.29 is 0 Å². The molecule has 0 aliphatic heterocycles. The van der Waals surface area contributed by atoms with Gasteiger partial charge < -0.3 is 10.7 Å². The summed E-state index contributed by atoms with van der Waals surface area (Å²) in [6, 6.07) is 4.55. The maximum Gasteiger partial charge on any atom is 0.0459 e. The Bertz CT molecular complexity index is 572. The second kappa shape index (κ2) is 5.40. The summed E-state index contributed by atoms with van der Waals surface area (Å²) in [4.78, 5) is 3.35. The predicted octanol–water partition coefficient (Wildman–Crippen LogP) is 3.49. The SMILES string of the molecule is CC(C)=CCc1cc2[nH]cc(CCN)c2cc1C. The topological polar surface area (TPSA) is 41.8 Å². The van der Waals surface area contributed by atoms with Crippen LogP contribution in [0.15, 0.2) is 30.0 Å². The Hall–Kier alpha value is -1.54. The Balaban J connectivity index is 2.41. The van der Waals surface area contributed by atoms with E-state index in [1.807, 2.05) is 0 Å². The van der Waals surface area contributed by atoms with Crippen LogP contribution in [0, 0.1) is 6.92 Å². The summed E-state index contributed by atoms with van der Waals surface area (Å²) < 4.78 is 0. The van der Waals surface area contributed by atoms with Crippen LogP contribution >= 0.6 is 0 Å². The van der Waals surface area contributed by atoms with Gasteiger partial charge in [0.1, 0.15) is 0 Å². The number of benzene rings is 1. The van der Waals surface area contributed by atoms with E-state index in [1.54, 1.807) is 0 Å². The van der Waals surface area contributed by atoms with Crippen LogP contribution in [0.5, 0.6) is 0 Å². The van der Waals surface area contributed by atoms with Crippen molar-refractivity contribution in [3.05, 3.63) is 46.7 Å². The lowest BCUT2D eigenvalue weighted by molar-refractivity contribution is 0.976. The molecule has 96 valence electrons. The second-order valence-electron chi connectivity index (χ2n) is 5.16. The molecule has 2 nitrogen and oxygen atoms in total. The molecule has 0 fully saturated rings. The molecule has 2 rings (SSSR count). The number of hydrogen-bond donors (Lipinski definition) is 2. The van der Waals surface area contributed by atoms with Crippen molar-refractivity contribution in [1.82, 2.24) is 4.98 Å². The first-order valence-corrected chi connectivity index (χ1v) is 6.54. The fourth-order valence-corrected chi connectivity index (χ4v) is 2.28. The molecule has 18 heavy (non-hydrogen) atoms. The van der Waals surface area contributed by atoms with E-state index in [0.29, 0.717) is 6.54 Å². The molecular weight excluding hydrogens is 220 g/mol. The highest BCUT2D eigenvalue weighted by atomic mass is 14.7. The van der Waals surface area contributed by atoms with E-state index >= 15 is 0 Å². The summed E-state index contributed by atoms with van der Waals surface area (Å²) in [5.74, 6) is 0. The minimum absolute atomic E-state index is 0.700. The van der Waals surface area contributed by atoms with Crippen molar-refractivity contribution in [2.24, 2.45) is 5.73 Å². The third-order valence-corrected chi connectivity index (χ3v) is 3.37. The lowest BCUT2D eigenvalue weighted by atomic mass is 10.0. The number of nitrogens with two attached hydrogens (primary N) is 1. The van der Waals surface area contributed by atoms with Crippen LogP contribution < -0.4 is 5.73 Å². The van der Waals surface area contributed by atoms with Gasteiger partial charge in [0.25, 0.3) is 0 Å². The number of hydrogen-bond acceptors (Lipinski definition) is 1. The standard InChI is InChI=1S/C16H22N2/c1-11(2)4-5-13-9-16-15(8-12(13)3)14(6-7-17)10-18-16/h4,8-10,18H,5-7,17H2,1-3H3. The minimum Gasteiger partial charge on any atom is -0.361 e. The summed E-state index contributed by atoms with van der Waals surface area (Å²) in [5, 5.41) is 1.32. The van der Waals surface area contributed by atoms with Crippen molar-refractivity contribution in [1.29, 1.82) is 0 Å². The first-order valence-electron chi connectivity index (χ1n) is 6.54. The van der Waals surface area contributed by atoms with Gasteiger partial charge in [-0.3, -0.25) is 0 Å². The zero-order chi connectivity index (χ0) is 13.1. The summed E-state index contributed by atoms with van der Waals surface area (Å²) in [6.45, 7) is 7.17. The van der Waals surface area contributed by atoms with E-state index in [9.17, 15) is 0 Å². The van der Waals surface area contributed by atoms with Crippen molar-refractivity contribution in [3.63, 3.8) is 0 Å². The van der Waals surface area contributed by atoms with Gasteiger partial charge in [0.2, 0.25) is 0 Å². The Morgan fingerprint density at radius 1 is 1.28 bits per heavy atom. The molecule has 2 heteroatoms. The normalized spacial score (nSPS) is 10.9. The fourth-order valence-electron chi connectivity index (χ4n) is 2.28. The van der Waals surface area contributed by atoms with Gasteiger partial charge in [-0.05, 0) is 69.0 Å². The summed E-state index contributed by atoms with van der Waals surface area (Å²) >= 11 is 0. The monoisotopic (exact) mass is 242 g/mol. The van der Waals surface area contributed by atoms with Gasteiger partial charge in [-0.15, -0.1) is 0 Å². The van der Waals surface area contributed by atoms with Gasteiger partial charge in [0.15, 0.2) is 0 Å². The molecule has 0 saturated heterocycles. The van der Waals surface area contributed by atoms with Gasteiger partial charge in [0.05, 0.1) is 0 Å². The molecule has 0 unspecified atom stereocenters. The number of H-pyrrole nitrogens is 1. The van der Waals surface area contributed by atoms with E-state index in [1.165, 1.54) is 33.2 Å². The Morgan fingerprint density at radius 2 is 2.06 bits per heavy atom. The number of aromatic amines is 1. The van der Waals surface area contributed by atoms with Crippen LogP contribution in [-0.2, 0) is 12.8 Å². The van der Waals surface area contributed by atoms with Crippen molar-refractivity contribution in [3.8, 4) is 0 Å². The van der Waals surface area contributed by atoms with E-state index in [2.05, 4.69) is 50.2 Å². The minimum atomic E-state index is 0.700. The smallest absolute Gasteiger partial charge is 0.0459 e. The van der Waals surface area contributed by atoms with E-state index in [0.717, 1.165) is 12.8 Å². The molecule has 0 spiro atoms. The highest BCUT2D eigenvalue weighted by Gasteiger charge is 2.06. The number of allylic oxidation sites excluding steroid dienone is 2. The molecule has 3 N–H and O–H groups in total. The summed E-state index contributed by atoms with van der Waals surface area (Å²) in [6.07, 6.45) is 6.31. The van der Waals surface area contributed by atoms with Crippen LogP contribution in [0.2, 0.25) is 0 Å². The lowest BCUT2D eigenvalue weighted by Crippen LogP contribution is -2.01. The van der Waals surface area contributed by atoms with Crippen LogP contribution in [-0.4, -0.2) is 11.5 Å². The van der Waals surface area contributed by atoms with Crippen LogP contribution in [0.3, 0.4) is 0 Å². The molecule has 1 aromatic heterocycles. The number of rotatable bonds is 4. The average Bonchev–Trinajstić information content (AvgIpc) is 2.69. The number of nitrogens with one attached hydrogen (secondary N) is 1. The third kappa shape index (κ3) is 2.65. The highest BCUT2D eigenvalue weighted by molar-refractivity contribution is 5.84. The quantitative estimate of drug-likeness (QED) is 0.792. The molecule has 0 atom stereocenters. The molecule has 0 amide bonds. The molecule has 1 heterocycles. The second-order valence-corrected chi connectivity index (χ2v) is 5.16. The van der Waals surface area contributed by atoms with E-state index in [4.69, 9.17) is 5.73 Å². The molecule has 0 saturated carbocycles. The molecule has 0 aliphatic rings. The number of aryl methyl sites for hydroxylation is 1. The summed E-state index contributed by atoms with van der Waals surface area (Å²) in [5.41, 5.74) is 12.3. The zero-order valence-corrected chi connectivity index (χ0v) is 11.5. The zero-order valence-electron chi connectivity index (χ0n) is 11.5. The van der Waals surface area contributed by atoms with Crippen LogP contribution in [0.4, 0.5) is 0 Å². The summed E-state index contributed by atoms with van der Waals surface area (Å²) in [7, 11) is 0. The maximum absolute atomic E-state index is 5.64. The molecule has 2 aromatic rings. The lowest BCUT2D eigenvalue weighted by Gasteiger charge is -2.05. The molecule has 0 aliphatic carbocycles. The van der Waals surface area contributed by atoms with Crippen molar-refractivity contribution in [2.45, 2.75) is 33.6 Å². The maximum atomic E-state index is 5.64. The average molecular weight is 242 g/mol. The predicted molar refractivity (Wildman–Crippen MR) is 78.9 cm³/mol. The van der Waals surface area contributed by atoms with Gasteiger partial charge >= 0.3 is 0 Å². The third-order valence-electron chi connectivity index (χ3n) is 3.37. The van der Waals surface area contributed by atoms with Gasteiger partial charge in [-0.25, -0.2) is 0 Å². The number of aromatic nitrogens is 1. The van der Waals surface area contributed by atoms with Crippen LogP contribution in [0.1, 0.15) is 30.5 Å². The first-order chi connectivity index (χ1) is 8.61. The molecular formula is C16H22N2. The van der Waals surface area contributed by atoms with Crippen LogP contribution in [0.25, 0.3) is 10.9 Å². The van der Waals surface area contributed by atoms with Crippen molar-refractivity contribution in [2.75, 3.05) is 6.54 Å². The Morgan fingerprint density at radius 3 is 2.72 bits per heavy atom. The fraction of sp³-hybridized carbons (Fsp3) is 0.375. The molecule has 0 radical (unpaired) electrons. The largest absolute Gasteiger partial charge is 0.361 e. The van der Waals surface area contributed by atoms with Crippen molar-refractivity contribution >= 4 is 10.9 Å². The van der Waals surface area contributed by atoms with E-state index < -0.39 is 0 Å².